The molecular formula is C18H27N5OS. The molecule has 0 spiro atoms. The van der Waals surface area contributed by atoms with Crippen molar-refractivity contribution in [2.24, 2.45) is 0 Å². The first-order valence-corrected chi connectivity index (χ1v) is 9.95. The molecular weight excluding hydrogens is 334 g/mol. The zero-order valence-corrected chi connectivity index (χ0v) is 16.5. The number of anilines is 1. The fourth-order valence-electron chi connectivity index (χ4n) is 2.69. The maximum absolute atomic E-state index is 13.2. The second-order valence-electron chi connectivity index (χ2n) is 6.18. The molecule has 2 aromatic rings. The van der Waals surface area contributed by atoms with Crippen molar-refractivity contribution < 1.29 is 4.79 Å². The van der Waals surface area contributed by atoms with Gasteiger partial charge in [-0.05, 0) is 32.6 Å². The third kappa shape index (κ3) is 4.39. The molecule has 2 rings (SSSR count). The van der Waals surface area contributed by atoms with Gasteiger partial charge in [0.2, 0.25) is 0 Å². The van der Waals surface area contributed by atoms with Crippen LogP contribution in [0.25, 0.3) is 0 Å². The number of rotatable bonds is 8. The number of carbonyl (C=O) groups excluding carboxylic acids is 1. The smallest absolute Gasteiger partial charge is 0.261 e. The Labute approximate surface area is 154 Å². The number of hydrogen-bond donors (Lipinski definition) is 0. The van der Waals surface area contributed by atoms with Crippen molar-refractivity contribution in [3.8, 4) is 0 Å². The van der Waals surface area contributed by atoms with Crippen molar-refractivity contribution in [3.05, 3.63) is 35.9 Å². The Morgan fingerprint density at radius 1 is 1.32 bits per heavy atom. The molecule has 0 aromatic carbocycles. The lowest BCUT2D eigenvalue weighted by atomic mass is 10.2. The number of carbonyl (C=O) groups is 1. The van der Waals surface area contributed by atoms with Crippen LogP contribution in [0, 0.1) is 6.92 Å². The number of hydrogen-bond acceptors (Lipinski definition) is 5. The van der Waals surface area contributed by atoms with Gasteiger partial charge in [-0.15, -0.1) is 0 Å². The fraction of sp³-hybridized carbons (Fsp3) is 0.556. The highest BCUT2D eigenvalue weighted by molar-refractivity contribution is 7.99. The van der Waals surface area contributed by atoms with Gasteiger partial charge in [0, 0.05) is 17.5 Å². The Balaban J connectivity index is 2.32. The maximum Gasteiger partial charge on any atom is 0.261 e. The van der Waals surface area contributed by atoms with E-state index in [1.54, 1.807) is 35.3 Å². The van der Waals surface area contributed by atoms with Gasteiger partial charge in [-0.1, -0.05) is 20.3 Å². The Bertz CT molecular complexity index is 688. The van der Waals surface area contributed by atoms with Crippen molar-refractivity contribution in [1.82, 2.24) is 20.0 Å². The number of thioether (sulfide) groups is 1. The summed E-state index contributed by atoms with van der Waals surface area (Å²) < 4.78 is 1.96. The molecule has 0 aliphatic heterocycles. The van der Waals surface area contributed by atoms with Crippen LogP contribution >= 0.6 is 11.8 Å². The molecule has 0 N–H and O–H groups in total. The summed E-state index contributed by atoms with van der Waals surface area (Å²) in [5.74, 6) is -0.0331. The maximum atomic E-state index is 13.2. The standard InChI is InChI=1S/C18H27N5OS/c1-6-7-10-22(16-8-9-19-20-11-16)18(24)17-12-21-23(14(17)3)13(2)15(4)25-5/h8-9,11-13,15H,6-7,10H2,1-5H3. The normalized spacial score (nSPS) is 13.5. The average Bonchev–Trinajstić information content (AvgIpc) is 3.02. The summed E-state index contributed by atoms with van der Waals surface area (Å²) in [7, 11) is 0. The summed E-state index contributed by atoms with van der Waals surface area (Å²) in [6.07, 6.45) is 8.97. The van der Waals surface area contributed by atoms with Gasteiger partial charge in [0.15, 0.2) is 0 Å². The van der Waals surface area contributed by atoms with E-state index in [1.165, 1.54) is 0 Å². The Kier molecular flexibility index (Phi) is 6.99. The summed E-state index contributed by atoms with van der Waals surface area (Å²) >= 11 is 1.80. The van der Waals surface area contributed by atoms with E-state index in [0.717, 1.165) is 24.2 Å². The lowest BCUT2D eigenvalue weighted by Gasteiger charge is -2.23. The number of aromatic nitrogens is 4. The molecule has 7 heteroatoms. The van der Waals surface area contributed by atoms with Crippen LogP contribution in [0.15, 0.2) is 24.7 Å². The summed E-state index contributed by atoms with van der Waals surface area (Å²) in [5, 5.41) is 12.6. The van der Waals surface area contributed by atoms with E-state index in [0.29, 0.717) is 17.4 Å². The van der Waals surface area contributed by atoms with Crippen LogP contribution in [0.3, 0.4) is 0 Å². The molecule has 1 amide bonds. The van der Waals surface area contributed by atoms with Gasteiger partial charge in [-0.3, -0.25) is 9.48 Å². The van der Waals surface area contributed by atoms with Gasteiger partial charge < -0.3 is 4.90 Å². The van der Waals surface area contributed by atoms with Crippen molar-refractivity contribution >= 4 is 23.4 Å². The monoisotopic (exact) mass is 361 g/mol. The molecule has 0 saturated heterocycles. The molecule has 0 aliphatic carbocycles. The quantitative estimate of drug-likeness (QED) is 0.717. The summed E-state index contributed by atoms with van der Waals surface area (Å²) in [5.41, 5.74) is 2.32. The van der Waals surface area contributed by atoms with Gasteiger partial charge in [0.1, 0.15) is 0 Å². The molecule has 2 atom stereocenters. The van der Waals surface area contributed by atoms with Gasteiger partial charge in [-0.25, -0.2) is 0 Å². The first-order valence-electron chi connectivity index (χ1n) is 8.66. The lowest BCUT2D eigenvalue weighted by molar-refractivity contribution is 0.0985. The third-order valence-electron chi connectivity index (χ3n) is 4.57. The highest BCUT2D eigenvalue weighted by Crippen LogP contribution is 2.25. The predicted molar refractivity (Wildman–Crippen MR) is 103 cm³/mol. The third-order valence-corrected chi connectivity index (χ3v) is 5.71. The number of unbranched alkanes of at least 4 members (excludes halogenated alkanes) is 1. The molecule has 25 heavy (non-hydrogen) atoms. The van der Waals surface area contributed by atoms with Crippen LogP contribution in [0.5, 0.6) is 0 Å². The van der Waals surface area contributed by atoms with Gasteiger partial charge in [0.05, 0.1) is 35.9 Å². The van der Waals surface area contributed by atoms with Gasteiger partial charge in [0.25, 0.3) is 5.91 Å². The minimum Gasteiger partial charge on any atom is -0.307 e. The summed E-state index contributed by atoms with van der Waals surface area (Å²) in [6, 6.07) is 2.04. The van der Waals surface area contributed by atoms with Crippen LogP contribution < -0.4 is 4.90 Å². The van der Waals surface area contributed by atoms with E-state index < -0.39 is 0 Å². The Hall–Kier alpha value is -1.89. The van der Waals surface area contributed by atoms with E-state index in [1.807, 2.05) is 17.7 Å². The van der Waals surface area contributed by atoms with Crippen LogP contribution in [0.1, 0.15) is 55.7 Å². The van der Waals surface area contributed by atoms with Gasteiger partial charge in [-0.2, -0.15) is 27.1 Å². The summed E-state index contributed by atoms with van der Waals surface area (Å²) in [6.45, 7) is 9.04. The first-order chi connectivity index (χ1) is 12.0. The van der Waals surface area contributed by atoms with Crippen molar-refractivity contribution in [3.63, 3.8) is 0 Å². The average molecular weight is 362 g/mol. The van der Waals surface area contributed by atoms with Crippen LogP contribution in [0.4, 0.5) is 5.69 Å². The summed E-state index contributed by atoms with van der Waals surface area (Å²) in [4.78, 5) is 14.9. The van der Waals surface area contributed by atoms with Crippen LogP contribution in [-0.4, -0.2) is 43.9 Å². The Morgan fingerprint density at radius 2 is 2.08 bits per heavy atom. The van der Waals surface area contributed by atoms with E-state index in [9.17, 15) is 4.79 Å². The van der Waals surface area contributed by atoms with Crippen LogP contribution in [-0.2, 0) is 0 Å². The molecule has 136 valence electrons. The zero-order valence-electron chi connectivity index (χ0n) is 15.6. The van der Waals surface area contributed by atoms with E-state index in [4.69, 9.17) is 0 Å². The van der Waals surface area contributed by atoms with Gasteiger partial charge >= 0.3 is 0 Å². The second-order valence-corrected chi connectivity index (χ2v) is 7.40. The minimum atomic E-state index is -0.0331. The highest BCUT2D eigenvalue weighted by Gasteiger charge is 2.24. The molecule has 0 radical (unpaired) electrons. The number of amides is 1. The topological polar surface area (TPSA) is 63.9 Å². The minimum absolute atomic E-state index is 0.0331. The lowest BCUT2D eigenvalue weighted by Crippen LogP contribution is -2.32. The molecule has 2 unspecified atom stereocenters. The van der Waals surface area contributed by atoms with E-state index in [2.05, 4.69) is 42.3 Å². The molecule has 0 bridgehead atoms. The van der Waals surface area contributed by atoms with E-state index in [-0.39, 0.29) is 11.9 Å². The fourth-order valence-corrected chi connectivity index (χ4v) is 3.20. The molecule has 2 aromatic heterocycles. The zero-order chi connectivity index (χ0) is 18.4. The Morgan fingerprint density at radius 3 is 2.68 bits per heavy atom. The molecule has 0 fully saturated rings. The molecule has 0 aliphatic rings. The van der Waals surface area contributed by atoms with Crippen molar-refractivity contribution in [2.45, 2.75) is 51.8 Å². The predicted octanol–water partition coefficient (Wildman–Crippen LogP) is 3.74. The van der Waals surface area contributed by atoms with Crippen LogP contribution in [0.2, 0.25) is 0 Å². The number of nitrogens with zero attached hydrogens (tertiary/aromatic N) is 5. The second kappa shape index (κ2) is 8.99. The van der Waals surface area contributed by atoms with Crippen molar-refractivity contribution in [2.75, 3.05) is 17.7 Å². The first kappa shape index (κ1) is 19.4. The highest BCUT2D eigenvalue weighted by atomic mass is 32.2. The van der Waals surface area contributed by atoms with Crippen molar-refractivity contribution in [1.29, 1.82) is 0 Å². The largest absolute Gasteiger partial charge is 0.307 e. The van der Waals surface area contributed by atoms with E-state index >= 15 is 0 Å². The SMILES string of the molecule is CCCCN(C(=O)c1cnn(C(C)C(C)SC)c1C)c1ccnnc1. The molecule has 6 nitrogen and oxygen atoms in total. The molecule has 2 heterocycles. The molecule has 0 saturated carbocycles.